The quantitative estimate of drug-likeness (QED) is 0.572. The van der Waals surface area contributed by atoms with Gasteiger partial charge in [0, 0.05) is 38.4 Å². The lowest BCUT2D eigenvalue weighted by molar-refractivity contribution is -0.138. The zero-order valence-electron chi connectivity index (χ0n) is 18.5. The summed E-state index contributed by atoms with van der Waals surface area (Å²) in [6, 6.07) is 3.36. The predicted octanol–water partition coefficient (Wildman–Crippen LogP) is 2.05. The van der Waals surface area contributed by atoms with Crippen LogP contribution >= 0.6 is 0 Å². The number of ether oxygens (including phenoxy) is 1. The molecule has 3 rings (SSSR count). The third-order valence-electron chi connectivity index (χ3n) is 5.28. The highest BCUT2D eigenvalue weighted by atomic mass is 19.4. The topological polar surface area (TPSA) is 103 Å². The molecule has 2 aromatic rings. The van der Waals surface area contributed by atoms with E-state index in [1.807, 2.05) is 19.1 Å². The fourth-order valence-corrected chi connectivity index (χ4v) is 3.65. The van der Waals surface area contributed by atoms with Gasteiger partial charge >= 0.3 is 6.18 Å². The van der Waals surface area contributed by atoms with Gasteiger partial charge in [-0.05, 0) is 25.5 Å². The van der Waals surface area contributed by atoms with Gasteiger partial charge in [0.05, 0.1) is 31.5 Å². The number of aromatic amines is 1. The number of pyridine rings is 1. The van der Waals surface area contributed by atoms with E-state index in [0.717, 1.165) is 17.6 Å². The van der Waals surface area contributed by atoms with Crippen molar-refractivity contribution in [1.82, 2.24) is 20.1 Å². The first-order valence-corrected chi connectivity index (χ1v) is 10.6. The normalized spacial score (nSPS) is 15.4. The number of nitrogens with zero attached hydrogens (tertiary/aromatic N) is 4. The van der Waals surface area contributed by atoms with E-state index in [1.54, 1.807) is 23.1 Å². The van der Waals surface area contributed by atoms with Crippen molar-refractivity contribution >= 4 is 17.4 Å². The van der Waals surface area contributed by atoms with Crippen molar-refractivity contribution in [2.24, 2.45) is 0 Å². The smallest absolute Gasteiger partial charge is 0.379 e. The van der Waals surface area contributed by atoms with Crippen molar-refractivity contribution in [3.8, 4) is 0 Å². The van der Waals surface area contributed by atoms with Crippen LogP contribution in [-0.2, 0) is 15.7 Å². The molecule has 0 bridgehead atoms. The maximum Gasteiger partial charge on any atom is 0.423 e. The van der Waals surface area contributed by atoms with Crippen LogP contribution in [0.4, 0.5) is 24.7 Å². The summed E-state index contributed by atoms with van der Waals surface area (Å²) in [5, 5.41) is 7.80. The second-order valence-electron chi connectivity index (χ2n) is 7.87. The Morgan fingerprint density at radius 1 is 1.30 bits per heavy atom. The first-order chi connectivity index (χ1) is 15.7. The lowest BCUT2D eigenvalue weighted by atomic mass is 10.2. The lowest BCUT2D eigenvalue weighted by Gasteiger charge is -2.36. The largest absolute Gasteiger partial charge is 0.423 e. The van der Waals surface area contributed by atoms with Crippen LogP contribution < -0.4 is 15.8 Å². The monoisotopic (exact) mass is 468 g/mol. The molecule has 1 aliphatic rings. The van der Waals surface area contributed by atoms with Gasteiger partial charge in [0.25, 0.3) is 5.56 Å². The van der Waals surface area contributed by atoms with Gasteiger partial charge < -0.3 is 19.9 Å². The van der Waals surface area contributed by atoms with E-state index < -0.39 is 29.0 Å². The molecule has 1 aliphatic heterocycles. The molecule has 0 spiro atoms. The molecule has 2 N–H and O–H groups in total. The molecule has 0 saturated carbocycles. The van der Waals surface area contributed by atoms with Gasteiger partial charge in [0.1, 0.15) is 11.4 Å². The van der Waals surface area contributed by atoms with Crippen LogP contribution in [0.5, 0.6) is 0 Å². The minimum Gasteiger partial charge on any atom is -0.379 e. The number of nitrogens with one attached hydrogen (secondary N) is 2. The van der Waals surface area contributed by atoms with Gasteiger partial charge in [-0.3, -0.25) is 9.59 Å². The molecule has 2 aromatic heterocycles. The van der Waals surface area contributed by atoms with Crippen LogP contribution in [0.2, 0.25) is 0 Å². The van der Waals surface area contributed by atoms with Crippen LogP contribution in [0.15, 0.2) is 29.3 Å². The van der Waals surface area contributed by atoms with Crippen LogP contribution in [0.1, 0.15) is 24.5 Å². The third-order valence-corrected chi connectivity index (χ3v) is 5.28. The number of amides is 1. The van der Waals surface area contributed by atoms with Crippen LogP contribution in [0.3, 0.4) is 0 Å². The molecule has 1 saturated heterocycles. The SMILES string of the molecule is Cc1cccnc1N1CCN(C(=O)CCOC[C@H](C)Nc2cn[nH]c(=O)c2C(F)(F)F)CC1. The van der Waals surface area contributed by atoms with Gasteiger partial charge in [-0.15, -0.1) is 0 Å². The average Bonchev–Trinajstić information content (AvgIpc) is 2.76. The third kappa shape index (κ3) is 6.44. The molecule has 33 heavy (non-hydrogen) atoms. The van der Waals surface area contributed by atoms with Gasteiger partial charge in [-0.1, -0.05) is 6.07 Å². The lowest BCUT2D eigenvalue weighted by Crippen LogP contribution is -2.49. The highest BCUT2D eigenvalue weighted by Gasteiger charge is 2.37. The molecule has 0 aliphatic carbocycles. The summed E-state index contributed by atoms with van der Waals surface area (Å²) < 4.78 is 44.8. The molecule has 1 atom stereocenters. The van der Waals surface area contributed by atoms with Crippen molar-refractivity contribution in [3.63, 3.8) is 0 Å². The Bertz CT molecular complexity index is 1010. The zero-order valence-corrected chi connectivity index (χ0v) is 18.5. The number of halogens is 3. The first-order valence-electron chi connectivity index (χ1n) is 10.6. The minimum absolute atomic E-state index is 0.0360. The fourth-order valence-electron chi connectivity index (χ4n) is 3.65. The standard InChI is InChI=1S/C21H27F3N6O3/c1-14-4-3-6-25-19(14)30-9-7-29(8-10-30)17(31)5-11-33-13-15(2)27-16-12-26-28-20(32)18(16)21(22,23)24/h3-4,6,12,15H,5,7-11,13H2,1-2H3,(H2,27,28,32)/t15-/m0/s1. The summed E-state index contributed by atoms with van der Waals surface area (Å²) in [4.78, 5) is 32.3. The van der Waals surface area contributed by atoms with Gasteiger partial charge in [0.2, 0.25) is 5.91 Å². The van der Waals surface area contributed by atoms with Crippen LogP contribution in [0.25, 0.3) is 0 Å². The number of aromatic nitrogens is 3. The van der Waals surface area contributed by atoms with E-state index in [4.69, 9.17) is 4.74 Å². The van der Waals surface area contributed by atoms with Crippen molar-refractivity contribution in [3.05, 3.63) is 46.0 Å². The molecule has 9 nitrogen and oxygen atoms in total. The molecule has 3 heterocycles. The number of carbonyl (C=O) groups is 1. The van der Waals surface area contributed by atoms with Crippen molar-refractivity contribution in [1.29, 1.82) is 0 Å². The van der Waals surface area contributed by atoms with E-state index in [0.29, 0.717) is 26.2 Å². The summed E-state index contributed by atoms with van der Waals surface area (Å²) >= 11 is 0. The fraction of sp³-hybridized carbons (Fsp3) is 0.524. The number of hydrogen-bond acceptors (Lipinski definition) is 7. The number of hydrogen-bond donors (Lipinski definition) is 2. The Hall–Kier alpha value is -3.15. The van der Waals surface area contributed by atoms with E-state index in [9.17, 15) is 22.8 Å². The molecule has 1 amide bonds. The summed E-state index contributed by atoms with van der Waals surface area (Å²) in [5.74, 6) is 0.893. The number of alkyl halides is 3. The number of H-pyrrole nitrogens is 1. The van der Waals surface area contributed by atoms with Gasteiger partial charge in [-0.2, -0.15) is 18.3 Å². The zero-order chi connectivity index (χ0) is 24.0. The average molecular weight is 468 g/mol. The van der Waals surface area contributed by atoms with Gasteiger partial charge in [-0.25, -0.2) is 10.1 Å². The Balaban J connectivity index is 1.40. The second kappa shape index (κ2) is 10.6. The molecule has 0 unspecified atom stereocenters. The molecule has 1 fully saturated rings. The van der Waals surface area contributed by atoms with E-state index in [1.165, 1.54) is 0 Å². The molecule has 180 valence electrons. The number of piperazine rings is 1. The summed E-state index contributed by atoms with van der Waals surface area (Å²) in [6.45, 7) is 6.37. The van der Waals surface area contributed by atoms with E-state index >= 15 is 0 Å². The number of rotatable bonds is 8. The highest BCUT2D eigenvalue weighted by molar-refractivity contribution is 5.76. The maximum absolute atomic E-state index is 13.1. The summed E-state index contributed by atoms with van der Waals surface area (Å²) in [7, 11) is 0. The van der Waals surface area contributed by atoms with Crippen molar-refractivity contribution < 1.29 is 22.7 Å². The molecule has 0 radical (unpaired) electrons. The maximum atomic E-state index is 13.1. The first kappa shape index (κ1) is 24.5. The van der Waals surface area contributed by atoms with E-state index in [-0.39, 0.29) is 25.5 Å². The predicted molar refractivity (Wildman–Crippen MR) is 116 cm³/mol. The molecule has 0 aromatic carbocycles. The molecule has 12 heteroatoms. The highest BCUT2D eigenvalue weighted by Crippen LogP contribution is 2.31. The van der Waals surface area contributed by atoms with E-state index in [2.05, 4.69) is 20.3 Å². The summed E-state index contributed by atoms with van der Waals surface area (Å²) in [6.07, 6.45) is -1.97. The molecular formula is C21H27F3N6O3. The summed E-state index contributed by atoms with van der Waals surface area (Å²) in [5.41, 5.74) is -1.98. The Kier molecular flexibility index (Phi) is 7.90. The van der Waals surface area contributed by atoms with Crippen LogP contribution in [0, 0.1) is 6.92 Å². The minimum atomic E-state index is -4.81. The van der Waals surface area contributed by atoms with Crippen molar-refractivity contribution in [2.75, 3.05) is 49.6 Å². The Morgan fingerprint density at radius 2 is 2.03 bits per heavy atom. The Labute approximate surface area is 188 Å². The van der Waals surface area contributed by atoms with Crippen molar-refractivity contribution in [2.45, 2.75) is 32.5 Å². The number of aryl methyl sites for hydroxylation is 1. The second-order valence-corrected chi connectivity index (χ2v) is 7.87. The number of carbonyl (C=O) groups excluding carboxylic acids is 1. The molecular weight excluding hydrogens is 441 g/mol. The number of anilines is 2. The van der Waals surface area contributed by atoms with Gasteiger partial charge in [0.15, 0.2) is 0 Å². The Morgan fingerprint density at radius 3 is 2.70 bits per heavy atom. The van der Waals surface area contributed by atoms with Crippen LogP contribution in [-0.4, -0.2) is 71.4 Å².